The molecule has 110 valence electrons. The summed E-state index contributed by atoms with van der Waals surface area (Å²) in [6.07, 6.45) is 1.63. The fraction of sp³-hybridized carbons (Fsp3) is 0.250. The van der Waals surface area contributed by atoms with Crippen molar-refractivity contribution in [3.8, 4) is 5.75 Å². The number of esters is 1. The molecule has 0 spiro atoms. The molecule has 0 atom stereocenters. The molecule has 0 unspecified atom stereocenters. The second-order valence-corrected chi connectivity index (χ2v) is 4.55. The summed E-state index contributed by atoms with van der Waals surface area (Å²) in [5.41, 5.74) is 0.688. The highest BCUT2D eigenvalue weighted by Crippen LogP contribution is 2.07. The van der Waals surface area contributed by atoms with Gasteiger partial charge in [-0.3, -0.25) is 9.59 Å². The SMILES string of the molecule is Cc1ccc(=O)n(CC(=O)OCCOc2ccccc2)c1. The lowest BCUT2D eigenvalue weighted by Crippen LogP contribution is -2.25. The molecule has 0 aliphatic carbocycles. The van der Waals surface area contributed by atoms with Gasteiger partial charge in [0.1, 0.15) is 25.5 Å². The van der Waals surface area contributed by atoms with Gasteiger partial charge in [-0.25, -0.2) is 0 Å². The van der Waals surface area contributed by atoms with Gasteiger partial charge in [-0.2, -0.15) is 0 Å². The van der Waals surface area contributed by atoms with E-state index in [0.717, 1.165) is 11.3 Å². The first-order valence-corrected chi connectivity index (χ1v) is 6.66. The number of aromatic nitrogens is 1. The molecule has 0 saturated carbocycles. The fourth-order valence-electron chi connectivity index (χ4n) is 1.79. The molecule has 0 radical (unpaired) electrons. The van der Waals surface area contributed by atoms with Gasteiger partial charge >= 0.3 is 5.97 Å². The third-order valence-corrected chi connectivity index (χ3v) is 2.79. The van der Waals surface area contributed by atoms with Crippen molar-refractivity contribution in [3.63, 3.8) is 0 Å². The minimum Gasteiger partial charge on any atom is -0.490 e. The summed E-state index contributed by atoms with van der Waals surface area (Å²) in [5, 5.41) is 0. The maximum atomic E-state index is 11.6. The maximum absolute atomic E-state index is 11.6. The number of carbonyl (C=O) groups excluding carboxylic acids is 1. The van der Waals surface area contributed by atoms with Crippen molar-refractivity contribution in [1.82, 2.24) is 4.57 Å². The van der Waals surface area contributed by atoms with Crippen LogP contribution in [-0.4, -0.2) is 23.8 Å². The van der Waals surface area contributed by atoms with E-state index in [0.29, 0.717) is 0 Å². The van der Waals surface area contributed by atoms with E-state index in [-0.39, 0.29) is 25.3 Å². The smallest absolute Gasteiger partial charge is 0.326 e. The van der Waals surface area contributed by atoms with E-state index in [2.05, 4.69) is 0 Å². The quantitative estimate of drug-likeness (QED) is 0.600. The highest BCUT2D eigenvalue weighted by molar-refractivity contribution is 5.69. The lowest BCUT2D eigenvalue weighted by Gasteiger charge is -2.08. The summed E-state index contributed by atoms with van der Waals surface area (Å²) < 4.78 is 11.8. The van der Waals surface area contributed by atoms with Crippen molar-refractivity contribution in [2.24, 2.45) is 0 Å². The number of rotatable bonds is 6. The molecular weight excluding hydrogens is 270 g/mol. The number of pyridine rings is 1. The predicted octanol–water partition coefficient (Wildman–Crippen LogP) is 1.78. The molecule has 1 aromatic carbocycles. The maximum Gasteiger partial charge on any atom is 0.326 e. The first-order chi connectivity index (χ1) is 10.1. The molecule has 21 heavy (non-hydrogen) atoms. The van der Waals surface area contributed by atoms with Gasteiger partial charge in [-0.1, -0.05) is 24.3 Å². The summed E-state index contributed by atoms with van der Waals surface area (Å²) >= 11 is 0. The van der Waals surface area contributed by atoms with Crippen molar-refractivity contribution >= 4 is 5.97 Å². The summed E-state index contributed by atoms with van der Waals surface area (Å²) in [5.74, 6) is 0.266. The Morgan fingerprint density at radius 2 is 1.86 bits per heavy atom. The molecular formula is C16H17NO4. The van der Waals surface area contributed by atoms with Crippen molar-refractivity contribution in [2.45, 2.75) is 13.5 Å². The molecule has 0 saturated heterocycles. The Kier molecular flexibility index (Phi) is 5.15. The van der Waals surface area contributed by atoms with Crippen molar-refractivity contribution in [3.05, 3.63) is 64.6 Å². The van der Waals surface area contributed by atoms with Crippen LogP contribution < -0.4 is 10.3 Å². The van der Waals surface area contributed by atoms with Crippen LogP contribution in [-0.2, 0) is 16.1 Å². The Hall–Kier alpha value is -2.56. The summed E-state index contributed by atoms with van der Waals surface area (Å²) in [6, 6.07) is 12.4. The van der Waals surface area contributed by atoms with Crippen molar-refractivity contribution in [1.29, 1.82) is 0 Å². The summed E-state index contributed by atoms with van der Waals surface area (Å²) in [6.45, 7) is 2.19. The molecule has 5 nitrogen and oxygen atoms in total. The molecule has 0 N–H and O–H groups in total. The summed E-state index contributed by atoms with van der Waals surface area (Å²) in [7, 11) is 0. The van der Waals surface area contributed by atoms with Crippen LogP contribution in [0.1, 0.15) is 5.56 Å². The topological polar surface area (TPSA) is 57.5 Å². The minimum atomic E-state index is -0.459. The molecule has 1 aromatic heterocycles. The Labute approximate surface area is 122 Å². The van der Waals surface area contributed by atoms with Crippen LogP contribution in [0, 0.1) is 6.92 Å². The normalized spacial score (nSPS) is 10.1. The second-order valence-electron chi connectivity index (χ2n) is 4.55. The van der Waals surface area contributed by atoms with Crippen LogP contribution in [0.4, 0.5) is 0 Å². The summed E-state index contributed by atoms with van der Waals surface area (Å²) in [4.78, 5) is 23.2. The molecule has 0 bridgehead atoms. The van der Waals surface area contributed by atoms with Gasteiger partial charge in [0.2, 0.25) is 0 Å². The number of carbonyl (C=O) groups is 1. The molecule has 0 aliphatic heterocycles. The van der Waals surface area contributed by atoms with Crippen LogP contribution >= 0.6 is 0 Å². The van der Waals surface area contributed by atoms with E-state index in [1.165, 1.54) is 10.6 Å². The lowest BCUT2D eigenvalue weighted by atomic mass is 10.3. The molecule has 2 aromatic rings. The monoisotopic (exact) mass is 287 g/mol. The number of aryl methyl sites for hydroxylation is 1. The highest BCUT2D eigenvalue weighted by Gasteiger charge is 2.06. The van der Waals surface area contributed by atoms with E-state index >= 15 is 0 Å². The lowest BCUT2D eigenvalue weighted by molar-refractivity contribution is -0.145. The average Bonchev–Trinajstić information content (AvgIpc) is 2.48. The van der Waals surface area contributed by atoms with Gasteiger partial charge in [-0.15, -0.1) is 0 Å². The third-order valence-electron chi connectivity index (χ3n) is 2.79. The highest BCUT2D eigenvalue weighted by atomic mass is 16.6. The molecule has 2 rings (SSSR count). The van der Waals surface area contributed by atoms with E-state index in [1.54, 1.807) is 12.3 Å². The number of nitrogens with zero attached hydrogens (tertiary/aromatic N) is 1. The van der Waals surface area contributed by atoms with Crippen molar-refractivity contribution < 1.29 is 14.3 Å². The van der Waals surface area contributed by atoms with Gasteiger partial charge in [0.25, 0.3) is 5.56 Å². The second kappa shape index (κ2) is 7.28. The first kappa shape index (κ1) is 14.8. The average molecular weight is 287 g/mol. The predicted molar refractivity (Wildman–Crippen MR) is 78.3 cm³/mol. The zero-order chi connectivity index (χ0) is 15.1. The Morgan fingerprint density at radius 3 is 2.62 bits per heavy atom. The number of hydrogen-bond acceptors (Lipinski definition) is 4. The molecule has 1 heterocycles. The number of benzene rings is 1. The zero-order valence-electron chi connectivity index (χ0n) is 11.8. The minimum absolute atomic E-state index is 0.0914. The third kappa shape index (κ3) is 4.80. The van der Waals surface area contributed by atoms with Crippen LogP contribution in [0.2, 0.25) is 0 Å². The van der Waals surface area contributed by atoms with Gasteiger partial charge in [0, 0.05) is 12.3 Å². The molecule has 0 aliphatic rings. The molecule has 0 fully saturated rings. The Morgan fingerprint density at radius 1 is 1.10 bits per heavy atom. The van der Waals surface area contributed by atoms with Crippen LogP contribution in [0.25, 0.3) is 0 Å². The van der Waals surface area contributed by atoms with E-state index in [9.17, 15) is 9.59 Å². The largest absolute Gasteiger partial charge is 0.490 e. The van der Waals surface area contributed by atoms with Crippen LogP contribution in [0.5, 0.6) is 5.75 Å². The molecule has 0 amide bonds. The van der Waals surface area contributed by atoms with E-state index in [1.807, 2.05) is 37.3 Å². The van der Waals surface area contributed by atoms with Gasteiger partial charge in [-0.05, 0) is 24.6 Å². The number of hydrogen-bond donors (Lipinski definition) is 0. The first-order valence-electron chi connectivity index (χ1n) is 6.66. The van der Waals surface area contributed by atoms with Gasteiger partial charge < -0.3 is 14.0 Å². The van der Waals surface area contributed by atoms with Crippen LogP contribution in [0.3, 0.4) is 0 Å². The van der Waals surface area contributed by atoms with Crippen LogP contribution in [0.15, 0.2) is 53.5 Å². The Balaban J connectivity index is 1.75. The standard InChI is InChI=1S/C16H17NO4/c1-13-7-8-15(18)17(11-13)12-16(19)21-10-9-20-14-5-3-2-4-6-14/h2-8,11H,9-10,12H2,1H3. The van der Waals surface area contributed by atoms with Crippen molar-refractivity contribution in [2.75, 3.05) is 13.2 Å². The van der Waals surface area contributed by atoms with E-state index < -0.39 is 5.97 Å². The Bertz CT molecular complexity index is 649. The zero-order valence-corrected chi connectivity index (χ0v) is 11.8. The fourth-order valence-corrected chi connectivity index (χ4v) is 1.79. The number of ether oxygens (including phenoxy) is 2. The van der Waals surface area contributed by atoms with Gasteiger partial charge in [0.15, 0.2) is 0 Å². The number of para-hydroxylation sites is 1. The van der Waals surface area contributed by atoms with E-state index in [4.69, 9.17) is 9.47 Å². The molecule has 5 heteroatoms. The van der Waals surface area contributed by atoms with Gasteiger partial charge in [0.05, 0.1) is 0 Å².